The van der Waals surface area contributed by atoms with Gasteiger partial charge in [0.25, 0.3) is 5.56 Å². The van der Waals surface area contributed by atoms with Crippen LogP contribution in [0.5, 0.6) is 0 Å². The first-order valence-corrected chi connectivity index (χ1v) is 4.44. The molecule has 0 aliphatic rings. The second kappa shape index (κ2) is 2.97. The lowest BCUT2D eigenvalue weighted by Crippen LogP contribution is -2.22. The molecule has 0 atom stereocenters. The molecule has 0 aliphatic heterocycles. The molecule has 11 heavy (non-hydrogen) atoms. The Hall–Kier alpha value is -0.320. The van der Waals surface area contributed by atoms with E-state index in [1.807, 2.05) is 19.9 Å². The molecule has 2 nitrogen and oxygen atoms in total. The Kier molecular flexibility index (Phi) is 2.37. The molecule has 1 aromatic rings. The Morgan fingerprint density at radius 2 is 2.00 bits per heavy atom. The molecule has 1 aromatic heterocycles. The lowest BCUT2D eigenvalue weighted by atomic mass is 10.2. The maximum atomic E-state index is 11.4. The zero-order chi connectivity index (χ0) is 8.59. The molecule has 0 spiro atoms. The van der Waals surface area contributed by atoms with E-state index in [2.05, 4.69) is 22.6 Å². The van der Waals surface area contributed by atoms with Crippen molar-refractivity contribution in [1.82, 2.24) is 4.57 Å². The summed E-state index contributed by atoms with van der Waals surface area (Å²) in [7, 11) is 1.79. The van der Waals surface area contributed by atoms with Crippen molar-refractivity contribution in [2.24, 2.45) is 7.05 Å². The van der Waals surface area contributed by atoms with Crippen LogP contribution in [-0.2, 0) is 7.05 Å². The highest BCUT2D eigenvalue weighted by Crippen LogP contribution is 2.06. The number of nitrogens with zero attached hydrogens (tertiary/aromatic N) is 1. The predicted molar refractivity (Wildman–Crippen MR) is 53.9 cm³/mol. The fourth-order valence-corrected chi connectivity index (χ4v) is 1.47. The number of halogens is 1. The summed E-state index contributed by atoms with van der Waals surface area (Å²) < 4.78 is 2.48. The standard InChI is InChI=1S/C8H10INO/c1-5-4-6(2)10(3)8(11)7(5)9/h4H,1-3H3. The van der Waals surface area contributed by atoms with Gasteiger partial charge < -0.3 is 4.57 Å². The van der Waals surface area contributed by atoms with E-state index in [-0.39, 0.29) is 5.56 Å². The molecule has 0 N–H and O–H groups in total. The van der Waals surface area contributed by atoms with E-state index in [0.29, 0.717) is 0 Å². The van der Waals surface area contributed by atoms with Gasteiger partial charge in [0.05, 0.1) is 3.57 Å². The molecule has 0 radical (unpaired) electrons. The molecule has 3 heteroatoms. The molecule has 1 heterocycles. The zero-order valence-electron chi connectivity index (χ0n) is 6.81. The fourth-order valence-electron chi connectivity index (χ4n) is 0.950. The summed E-state index contributed by atoms with van der Waals surface area (Å²) >= 11 is 2.08. The van der Waals surface area contributed by atoms with Crippen molar-refractivity contribution in [1.29, 1.82) is 0 Å². The summed E-state index contributed by atoms with van der Waals surface area (Å²) in [6.45, 7) is 3.89. The van der Waals surface area contributed by atoms with Gasteiger partial charge in [0.1, 0.15) is 0 Å². The third kappa shape index (κ3) is 1.47. The third-order valence-electron chi connectivity index (χ3n) is 1.79. The van der Waals surface area contributed by atoms with Crippen LogP contribution in [0.2, 0.25) is 0 Å². The number of aromatic nitrogens is 1. The highest BCUT2D eigenvalue weighted by molar-refractivity contribution is 14.1. The van der Waals surface area contributed by atoms with E-state index in [4.69, 9.17) is 0 Å². The number of hydrogen-bond acceptors (Lipinski definition) is 1. The van der Waals surface area contributed by atoms with Crippen molar-refractivity contribution < 1.29 is 0 Å². The Morgan fingerprint density at radius 1 is 1.45 bits per heavy atom. The Morgan fingerprint density at radius 3 is 2.55 bits per heavy atom. The molecule has 0 unspecified atom stereocenters. The number of hydrogen-bond donors (Lipinski definition) is 0. The Balaban J connectivity index is 3.59. The van der Waals surface area contributed by atoms with Crippen molar-refractivity contribution in [3.05, 3.63) is 31.2 Å². The average Bonchev–Trinajstić information content (AvgIpc) is 1.97. The molecule has 1 rings (SSSR count). The fraction of sp³-hybridized carbons (Fsp3) is 0.375. The van der Waals surface area contributed by atoms with Crippen molar-refractivity contribution in [2.75, 3.05) is 0 Å². The minimum Gasteiger partial charge on any atom is -0.315 e. The number of rotatable bonds is 0. The first kappa shape index (κ1) is 8.77. The first-order chi connectivity index (χ1) is 5.04. The summed E-state index contributed by atoms with van der Waals surface area (Å²) in [5, 5.41) is 0. The first-order valence-electron chi connectivity index (χ1n) is 3.36. The minimum absolute atomic E-state index is 0.100. The van der Waals surface area contributed by atoms with Gasteiger partial charge >= 0.3 is 0 Å². The second-order valence-electron chi connectivity index (χ2n) is 2.65. The maximum absolute atomic E-state index is 11.4. The summed E-state index contributed by atoms with van der Waals surface area (Å²) in [5.74, 6) is 0. The topological polar surface area (TPSA) is 22.0 Å². The largest absolute Gasteiger partial charge is 0.315 e. The molecule has 0 bridgehead atoms. The molecule has 0 saturated heterocycles. The van der Waals surface area contributed by atoms with Crippen LogP contribution < -0.4 is 5.56 Å². The van der Waals surface area contributed by atoms with Gasteiger partial charge in [-0.1, -0.05) is 0 Å². The van der Waals surface area contributed by atoms with Crippen molar-refractivity contribution >= 4 is 22.6 Å². The summed E-state index contributed by atoms with van der Waals surface area (Å²) in [6.07, 6.45) is 0. The molecule has 0 amide bonds. The van der Waals surface area contributed by atoms with E-state index < -0.39 is 0 Å². The van der Waals surface area contributed by atoms with Gasteiger partial charge in [-0.3, -0.25) is 4.79 Å². The van der Waals surface area contributed by atoms with Gasteiger partial charge in [-0.15, -0.1) is 0 Å². The monoisotopic (exact) mass is 263 g/mol. The maximum Gasteiger partial charge on any atom is 0.264 e. The molecule has 0 saturated carbocycles. The summed E-state index contributed by atoms with van der Waals surface area (Å²) in [4.78, 5) is 11.4. The quantitative estimate of drug-likeness (QED) is 0.652. The molecular weight excluding hydrogens is 253 g/mol. The van der Waals surface area contributed by atoms with Gasteiger partial charge in [0, 0.05) is 12.7 Å². The Labute approximate surface area is 79.4 Å². The second-order valence-corrected chi connectivity index (χ2v) is 3.73. The zero-order valence-corrected chi connectivity index (χ0v) is 8.97. The average molecular weight is 263 g/mol. The van der Waals surface area contributed by atoms with E-state index in [9.17, 15) is 4.79 Å². The van der Waals surface area contributed by atoms with E-state index >= 15 is 0 Å². The van der Waals surface area contributed by atoms with Gasteiger partial charge in [-0.25, -0.2) is 0 Å². The summed E-state index contributed by atoms with van der Waals surface area (Å²) in [5.41, 5.74) is 2.17. The van der Waals surface area contributed by atoms with Crippen LogP contribution in [0.1, 0.15) is 11.3 Å². The lowest BCUT2D eigenvalue weighted by Gasteiger charge is -2.05. The SMILES string of the molecule is Cc1cc(C)n(C)c(=O)c1I. The van der Waals surface area contributed by atoms with Gasteiger partial charge in [0.15, 0.2) is 0 Å². The molecule has 0 aromatic carbocycles. The van der Waals surface area contributed by atoms with Crippen LogP contribution in [0.25, 0.3) is 0 Å². The number of aryl methyl sites for hydroxylation is 2. The summed E-state index contributed by atoms with van der Waals surface area (Å²) in [6, 6.07) is 2.02. The van der Waals surface area contributed by atoms with Crippen LogP contribution in [0.3, 0.4) is 0 Å². The van der Waals surface area contributed by atoms with Gasteiger partial charge in [-0.05, 0) is 48.1 Å². The van der Waals surface area contributed by atoms with Crippen molar-refractivity contribution in [3.8, 4) is 0 Å². The van der Waals surface area contributed by atoms with Crippen LogP contribution in [0.15, 0.2) is 10.9 Å². The van der Waals surface area contributed by atoms with E-state index in [1.165, 1.54) is 0 Å². The van der Waals surface area contributed by atoms with E-state index in [1.54, 1.807) is 11.6 Å². The normalized spacial score (nSPS) is 10.2. The van der Waals surface area contributed by atoms with Crippen LogP contribution in [0, 0.1) is 17.4 Å². The minimum atomic E-state index is 0.100. The Bertz CT molecular complexity index is 311. The highest BCUT2D eigenvalue weighted by Gasteiger charge is 2.03. The highest BCUT2D eigenvalue weighted by atomic mass is 127. The lowest BCUT2D eigenvalue weighted by molar-refractivity contribution is 0.807. The van der Waals surface area contributed by atoms with Crippen molar-refractivity contribution in [2.45, 2.75) is 13.8 Å². The smallest absolute Gasteiger partial charge is 0.264 e. The van der Waals surface area contributed by atoms with Crippen LogP contribution >= 0.6 is 22.6 Å². The molecular formula is C8H10INO. The molecule has 0 fully saturated rings. The number of pyridine rings is 1. The molecule has 0 aliphatic carbocycles. The molecule has 60 valence electrons. The van der Waals surface area contributed by atoms with Gasteiger partial charge in [-0.2, -0.15) is 0 Å². The van der Waals surface area contributed by atoms with Gasteiger partial charge in [0.2, 0.25) is 0 Å². The van der Waals surface area contributed by atoms with Crippen molar-refractivity contribution in [3.63, 3.8) is 0 Å². The van der Waals surface area contributed by atoms with Crippen LogP contribution in [-0.4, -0.2) is 4.57 Å². The predicted octanol–water partition coefficient (Wildman–Crippen LogP) is 1.61. The van der Waals surface area contributed by atoms with Crippen LogP contribution in [0.4, 0.5) is 0 Å². The third-order valence-corrected chi connectivity index (χ3v) is 3.11. The van der Waals surface area contributed by atoms with E-state index in [0.717, 1.165) is 14.8 Å².